The van der Waals surface area contributed by atoms with Crippen LogP contribution in [0.3, 0.4) is 0 Å². The van der Waals surface area contributed by atoms with Crippen LogP contribution in [0.4, 0.5) is 5.69 Å². The van der Waals surface area contributed by atoms with Gasteiger partial charge in [-0.2, -0.15) is 0 Å². The van der Waals surface area contributed by atoms with Crippen LogP contribution < -0.4 is 11.1 Å². The number of benzene rings is 1. The number of likely N-dealkylation sites (N-methyl/N-ethyl adjacent to an activating group) is 2. The zero-order valence-electron chi connectivity index (χ0n) is 17.1. The van der Waals surface area contributed by atoms with Crippen LogP contribution in [0.1, 0.15) is 49.9 Å². The Kier molecular flexibility index (Phi) is 7.39. The minimum atomic E-state index is -0.540. The predicted molar refractivity (Wildman–Crippen MR) is 110 cm³/mol. The van der Waals surface area contributed by atoms with Crippen molar-refractivity contribution in [3.8, 4) is 0 Å². The minimum absolute atomic E-state index is 0.0200. The fourth-order valence-corrected chi connectivity index (χ4v) is 3.74. The van der Waals surface area contributed by atoms with Crippen molar-refractivity contribution in [1.82, 2.24) is 9.80 Å². The topological polar surface area (TPSA) is 78.7 Å². The molecule has 0 bridgehead atoms. The summed E-state index contributed by atoms with van der Waals surface area (Å²) >= 11 is 0. The third kappa shape index (κ3) is 4.87. The molecular weight excluding hydrogens is 340 g/mol. The van der Waals surface area contributed by atoms with Crippen molar-refractivity contribution in [1.29, 1.82) is 0 Å². The van der Waals surface area contributed by atoms with Gasteiger partial charge in [-0.3, -0.25) is 9.59 Å². The van der Waals surface area contributed by atoms with Crippen LogP contribution in [0, 0.1) is 5.41 Å². The molecule has 27 heavy (non-hydrogen) atoms. The summed E-state index contributed by atoms with van der Waals surface area (Å²) in [4.78, 5) is 29.5. The summed E-state index contributed by atoms with van der Waals surface area (Å²) < 4.78 is 0. The van der Waals surface area contributed by atoms with Crippen LogP contribution in [0.2, 0.25) is 0 Å². The minimum Gasteiger partial charge on any atom is -0.337 e. The standard InChI is InChI=1S/C21H34N4O2/c1-5-21(6-2,15-22)20(27)23-17-11-9-16(10-12-17)19(26)25(4)18-8-7-13-24(3)14-18/h9-12,18H,5-8,13-15,22H2,1-4H3,(H,23,27). The third-order valence-corrected chi connectivity index (χ3v) is 6.08. The molecule has 2 rings (SSSR count). The van der Waals surface area contributed by atoms with Gasteiger partial charge in [-0.05, 0) is 63.5 Å². The molecule has 150 valence electrons. The van der Waals surface area contributed by atoms with E-state index in [0.29, 0.717) is 30.6 Å². The highest BCUT2D eigenvalue weighted by molar-refractivity contribution is 5.97. The molecule has 1 atom stereocenters. The van der Waals surface area contributed by atoms with Crippen LogP contribution in [0.15, 0.2) is 24.3 Å². The highest BCUT2D eigenvalue weighted by Crippen LogP contribution is 2.27. The molecule has 0 spiro atoms. The third-order valence-electron chi connectivity index (χ3n) is 6.08. The van der Waals surface area contributed by atoms with Gasteiger partial charge in [-0.15, -0.1) is 0 Å². The van der Waals surface area contributed by atoms with E-state index in [2.05, 4.69) is 17.3 Å². The Balaban J connectivity index is 2.04. The van der Waals surface area contributed by atoms with E-state index in [0.717, 1.165) is 25.9 Å². The number of amides is 2. The number of nitrogens with two attached hydrogens (primary N) is 1. The molecule has 0 aromatic heterocycles. The first kappa shape index (κ1) is 21.4. The molecule has 1 aliphatic heterocycles. The zero-order chi connectivity index (χ0) is 20.0. The highest BCUT2D eigenvalue weighted by atomic mass is 16.2. The average molecular weight is 375 g/mol. The van der Waals surface area contributed by atoms with Crippen molar-refractivity contribution in [2.75, 3.05) is 39.0 Å². The van der Waals surface area contributed by atoms with Crippen LogP contribution in [0.25, 0.3) is 0 Å². The van der Waals surface area contributed by atoms with Crippen molar-refractivity contribution in [2.24, 2.45) is 11.1 Å². The molecule has 1 saturated heterocycles. The summed E-state index contributed by atoms with van der Waals surface area (Å²) in [5, 5.41) is 2.95. The largest absolute Gasteiger partial charge is 0.337 e. The van der Waals surface area contributed by atoms with Crippen molar-refractivity contribution in [3.05, 3.63) is 29.8 Å². The average Bonchev–Trinajstić information content (AvgIpc) is 2.69. The molecule has 1 fully saturated rings. The Labute approximate surface area is 163 Å². The Morgan fingerprint density at radius 2 is 1.89 bits per heavy atom. The van der Waals surface area contributed by atoms with Gasteiger partial charge in [0, 0.05) is 37.4 Å². The SMILES string of the molecule is CCC(CC)(CN)C(=O)Nc1ccc(C(=O)N(C)C2CCCN(C)C2)cc1. The maximum Gasteiger partial charge on any atom is 0.253 e. The van der Waals surface area contributed by atoms with Crippen LogP contribution in [-0.2, 0) is 4.79 Å². The lowest BCUT2D eigenvalue weighted by Crippen LogP contribution is -2.47. The second-order valence-corrected chi connectivity index (χ2v) is 7.70. The second-order valence-electron chi connectivity index (χ2n) is 7.70. The fraction of sp³-hybridized carbons (Fsp3) is 0.619. The van der Waals surface area contributed by atoms with Crippen molar-refractivity contribution in [2.45, 2.75) is 45.6 Å². The first-order valence-corrected chi connectivity index (χ1v) is 9.94. The summed E-state index contributed by atoms with van der Waals surface area (Å²) in [7, 11) is 3.97. The lowest BCUT2D eigenvalue weighted by Gasteiger charge is -2.35. The van der Waals surface area contributed by atoms with Crippen LogP contribution in [-0.4, -0.2) is 61.4 Å². The van der Waals surface area contributed by atoms with Crippen molar-refractivity contribution < 1.29 is 9.59 Å². The predicted octanol–water partition coefficient (Wildman–Crippen LogP) is 2.56. The molecule has 3 N–H and O–H groups in total. The van der Waals surface area contributed by atoms with E-state index in [1.54, 1.807) is 24.3 Å². The lowest BCUT2D eigenvalue weighted by molar-refractivity contribution is -0.125. The van der Waals surface area contributed by atoms with Gasteiger partial charge in [0.1, 0.15) is 0 Å². The van der Waals surface area contributed by atoms with Gasteiger partial charge in [-0.25, -0.2) is 0 Å². The van der Waals surface area contributed by atoms with Crippen LogP contribution in [0.5, 0.6) is 0 Å². The quantitative estimate of drug-likeness (QED) is 0.769. The Bertz CT molecular complexity index is 632. The number of piperidine rings is 1. The monoisotopic (exact) mass is 374 g/mol. The number of nitrogens with zero attached hydrogens (tertiary/aromatic N) is 2. The summed E-state index contributed by atoms with van der Waals surface area (Å²) in [5.74, 6) is -0.0389. The van der Waals surface area contributed by atoms with E-state index in [1.807, 2.05) is 25.8 Å². The normalized spacial score (nSPS) is 18.2. The molecule has 1 unspecified atom stereocenters. The zero-order valence-corrected chi connectivity index (χ0v) is 17.1. The number of rotatable bonds is 7. The van der Waals surface area contributed by atoms with Gasteiger partial charge in [0.15, 0.2) is 0 Å². The fourth-order valence-electron chi connectivity index (χ4n) is 3.74. The van der Waals surface area contributed by atoms with Gasteiger partial charge >= 0.3 is 0 Å². The van der Waals surface area contributed by atoms with E-state index in [9.17, 15) is 9.59 Å². The molecule has 6 heteroatoms. The summed E-state index contributed by atoms with van der Waals surface area (Å²) in [5.41, 5.74) is 6.64. The number of likely N-dealkylation sites (tertiary alicyclic amines) is 1. The van der Waals surface area contributed by atoms with Gasteiger partial charge in [0.05, 0.1) is 5.41 Å². The van der Waals surface area contributed by atoms with Gasteiger partial charge in [0.2, 0.25) is 5.91 Å². The first-order valence-electron chi connectivity index (χ1n) is 9.94. The summed E-state index contributed by atoms with van der Waals surface area (Å²) in [6, 6.07) is 7.39. The van der Waals surface area contributed by atoms with Gasteiger partial charge in [-0.1, -0.05) is 13.8 Å². The molecule has 0 radical (unpaired) electrons. The van der Waals surface area contributed by atoms with Crippen molar-refractivity contribution in [3.63, 3.8) is 0 Å². The molecule has 2 amide bonds. The van der Waals surface area contributed by atoms with Gasteiger partial charge < -0.3 is 20.9 Å². The van der Waals surface area contributed by atoms with Crippen LogP contribution >= 0.6 is 0 Å². The molecular formula is C21H34N4O2. The van der Waals surface area contributed by atoms with E-state index >= 15 is 0 Å². The second kappa shape index (κ2) is 9.33. The molecule has 1 aromatic carbocycles. The van der Waals surface area contributed by atoms with E-state index in [1.165, 1.54) is 0 Å². The van der Waals surface area contributed by atoms with E-state index in [-0.39, 0.29) is 17.9 Å². The Morgan fingerprint density at radius 1 is 1.26 bits per heavy atom. The summed E-state index contributed by atoms with van der Waals surface area (Å²) in [6.07, 6.45) is 3.55. The molecule has 0 aliphatic carbocycles. The van der Waals surface area contributed by atoms with Crippen molar-refractivity contribution >= 4 is 17.5 Å². The number of hydrogen-bond acceptors (Lipinski definition) is 4. The smallest absolute Gasteiger partial charge is 0.253 e. The number of carbonyl (C=O) groups excluding carboxylic acids is 2. The Hall–Kier alpha value is -1.92. The highest BCUT2D eigenvalue weighted by Gasteiger charge is 2.33. The maximum absolute atomic E-state index is 12.8. The molecule has 1 aromatic rings. The molecule has 6 nitrogen and oxygen atoms in total. The molecule has 0 saturated carbocycles. The van der Waals surface area contributed by atoms with E-state index in [4.69, 9.17) is 5.73 Å². The number of anilines is 1. The summed E-state index contributed by atoms with van der Waals surface area (Å²) in [6.45, 7) is 6.29. The van der Waals surface area contributed by atoms with E-state index < -0.39 is 5.41 Å². The Morgan fingerprint density at radius 3 is 2.41 bits per heavy atom. The lowest BCUT2D eigenvalue weighted by atomic mass is 9.81. The number of hydrogen-bond donors (Lipinski definition) is 2. The number of carbonyl (C=O) groups is 2. The van der Waals surface area contributed by atoms with Gasteiger partial charge in [0.25, 0.3) is 5.91 Å². The first-order chi connectivity index (χ1) is 12.9. The number of nitrogens with one attached hydrogen (secondary N) is 1. The molecule has 1 aliphatic rings. The molecule has 1 heterocycles. The maximum atomic E-state index is 12.8.